The fourth-order valence-electron chi connectivity index (χ4n) is 4.38. The van der Waals surface area contributed by atoms with E-state index in [-0.39, 0.29) is 34.8 Å². The molecule has 0 atom stereocenters. The van der Waals surface area contributed by atoms with Gasteiger partial charge in [-0.1, -0.05) is 12.1 Å². The SMILES string of the molecule is COc1cc(N(C)CCN(C)C)c([N+](=O)[O-])cc1Cc1nccc(-n2c(=O)n(CC(F)(F)F)c3ccccc32)n1. The van der Waals surface area contributed by atoms with Crippen molar-refractivity contribution in [3.8, 4) is 11.6 Å². The summed E-state index contributed by atoms with van der Waals surface area (Å²) in [5, 5.41) is 11.9. The molecule has 40 heavy (non-hydrogen) atoms. The normalized spacial score (nSPS) is 11.8. The topological polar surface area (TPSA) is 112 Å². The fraction of sp³-hybridized carbons (Fsp3) is 0.346. The molecule has 11 nitrogen and oxygen atoms in total. The molecule has 2 heterocycles. The molecule has 0 unspecified atom stereocenters. The van der Waals surface area contributed by atoms with Crippen LogP contribution in [0.1, 0.15) is 11.4 Å². The number of hydrogen-bond donors (Lipinski definition) is 0. The van der Waals surface area contributed by atoms with Gasteiger partial charge in [-0.3, -0.25) is 14.7 Å². The van der Waals surface area contributed by atoms with Crippen molar-refractivity contribution in [3.63, 3.8) is 0 Å². The quantitative estimate of drug-likeness (QED) is 0.214. The van der Waals surface area contributed by atoms with Crippen molar-refractivity contribution < 1.29 is 22.8 Å². The predicted octanol–water partition coefficient (Wildman–Crippen LogP) is 3.65. The zero-order chi connectivity index (χ0) is 29.2. The summed E-state index contributed by atoms with van der Waals surface area (Å²) in [6, 6.07) is 10.5. The lowest BCUT2D eigenvalue weighted by Gasteiger charge is -2.22. The van der Waals surface area contributed by atoms with Gasteiger partial charge in [-0.25, -0.2) is 19.3 Å². The second-order valence-corrected chi connectivity index (χ2v) is 9.45. The van der Waals surface area contributed by atoms with Crippen LogP contribution in [0.3, 0.4) is 0 Å². The van der Waals surface area contributed by atoms with Gasteiger partial charge in [0.1, 0.15) is 29.6 Å². The van der Waals surface area contributed by atoms with Gasteiger partial charge in [0.15, 0.2) is 0 Å². The van der Waals surface area contributed by atoms with E-state index in [2.05, 4.69) is 9.97 Å². The van der Waals surface area contributed by atoms with Gasteiger partial charge in [-0.15, -0.1) is 0 Å². The lowest BCUT2D eigenvalue weighted by Crippen LogP contribution is -2.29. The molecule has 0 bridgehead atoms. The minimum absolute atomic E-state index is 0.00941. The Labute approximate surface area is 227 Å². The van der Waals surface area contributed by atoms with Crippen LogP contribution in [0.25, 0.3) is 16.9 Å². The highest BCUT2D eigenvalue weighted by Crippen LogP contribution is 2.35. The standard InChI is InChI=1S/C26H28F3N7O4/c1-32(2)11-12-33(3)20-15-22(40-4)17(13-21(20)36(38)39)14-23-30-10-9-24(31-23)35-19-8-6-5-7-18(19)34(25(35)37)16-26(27,28)29/h5-10,13,15H,11-12,14,16H2,1-4H3. The first kappa shape index (κ1) is 28.5. The van der Waals surface area contributed by atoms with Gasteiger partial charge in [0.05, 0.1) is 23.1 Å². The number of para-hydroxylation sites is 2. The molecule has 0 fully saturated rings. The minimum atomic E-state index is -4.60. The summed E-state index contributed by atoms with van der Waals surface area (Å²) in [6.45, 7) is -0.233. The van der Waals surface area contributed by atoms with Crippen LogP contribution in [-0.4, -0.2) is 76.4 Å². The van der Waals surface area contributed by atoms with Gasteiger partial charge in [0.25, 0.3) is 5.69 Å². The third kappa shape index (κ3) is 6.06. The highest BCUT2D eigenvalue weighted by atomic mass is 19.4. The molecule has 0 N–H and O–H groups in total. The number of anilines is 1. The summed E-state index contributed by atoms with van der Waals surface area (Å²) < 4.78 is 46.9. The summed E-state index contributed by atoms with van der Waals surface area (Å²) in [5.41, 5.74) is 0.145. The van der Waals surface area contributed by atoms with Crippen molar-refractivity contribution >= 4 is 22.4 Å². The summed E-state index contributed by atoms with van der Waals surface area (Å²) in [6.07, 6.45) is -3.21. The Bertz CT molecular complexity index is 1600. The van der Waals surface area contributed by atoms with E-state index in [0.29, 0.717) is 34.7 Å². The van der Waals surface area contributed by atoms with Gasteiger partial charge >= 0.3 is 11.9 Å². The zero-order valence-corrected chi connectivity index (χ0v) is 22.3. The number of benzene rings is 2. The molecule has 0 amide bonds. The number of rotatable bonds is 10. The third-order valence-corrected chi connectivity index (χ3v) is 6.31. The number of nitro groups is 1. The van der Waals surface area contributed by atoms with Gasteiger partial charge in [0, 0.05) is 50.5 Å². The first-order valence-electron chi connectivity index (χ1n) is 12.2. The van der Waals surface area contributed by atoms with Crippen molar-refractivity contribution in [1.29, 1.82) is 0 Å². The van der Waals surface area contributed by atoms with Crippen LogP contribution in [0.2, 0.25) is 0 Å². The highest BCUT2D eigenvalue weighted by molar-refractivity contribution is 5.77. The zero-order valence-electron chi connectivity index (χ0n) is 22.3. The van der Waals surface area contributed by atoms with Crippen LogP contribution in [0.5, 0.6) is 5.75 Å². The van der Waals surface area contributed by atoms with Gasteiger partial charge < -0.3 is 14.5 Å². The highest BCUT2D eigenvalue weighted by Gasteiger charge is 2.31. The van der Waals surface area contributed by atoms with E-state index in [0.717, 1.165) is 4.57 Å². The number of likely N-dealkylation sites (N-methyl/N-ethyl adjacent to an activating group) is 2. The van der Waals surface area contributed by atoms with Gasteiger partial charge in [-0.2, -0.15) is 13.2 Å². The maximum atomic E-state index is 13.2. The molecule has 212 valence electrons. The lowest BCUT2D eigenvalue weighted by molar-refractivity contribution is -0.384. The van der Waals surface area contributed by atoms with E-state index in [4.69, 9.17) is 4.74 Å². The first-order valence-corrected chi connectivity index (χ1v) is 12.2. The number of halogens is 3. The molecular formula is C26H28F3N7O4. The summed E-state index contributed by atoms with van der Waals surface area (Å²) in [7, 11) is 7.01. The summed E-state index contributed by atoms with van der Waals surface area (Å²) >= 11 is 0. The van der Waals surface area contributed by atoms with Crippen LogP contribution < -0.4 is 15.3 Å². The smallest absolute Gasteiger partial charge is 0.406 e. The Hall–Kier alpha value is -4.46. The van der Waals surface area contributed by atoms with Crippen LogP contribution >= 0.6 is 0 Å². The van der Waals surface area contributed by atoms with Crippen molar-refractivity contribution in [2.75, 3.05) is 46.2 Å². The Kier molecular flexibility index (Phi) is 8.09. The average molecular weight is 560 g/mol. The maximum absolute atomic E-state index is 13.2. The number of aromatic nitrogens is 4. The minimum Gasteiger partial charge on any atom is -0.496 e. The molecule has 0 spiro atoms. The molecular weight excluding hydrogens is 531 g/mol. The number of alkyl halides is 3. The number of fused-ring (bicyclic) bond motifs is 1. The van der Waals surface area contributed by atoms with Crippen LogP contribution in [0.4, 0.5) is 24.5 Å². The Morgan fingerprint density at radius 2 is 1.77 bits per heavy atom. The molecule has 0 aliphatic heterocycles. The molecule has 0 radical (unpaired) electrons. The number of hydrogen-bond acceptors (Lipinski definition) is 8. The molecule has 0 saturated heterocycles. The van der Waals surface area contributed by atoms with Crippen molar-refractivity contribution in [2.45, 2.75) is 19.1 Å². The third-order valence-electron chi connectivity index (χ3n) is 6.31. The predicted molar refractivity (Wildman–Crippen MR) is 143 cm³/mol. The number of imidazole rings is 1. The Balaban J connectivity index is 1.75. The maximum Gasteiger partial charge on any atom is 0.406 e. The Morgan fingerprint density at radius 1 is 1.07 bits per heavy atom. The molecule has 0 aliphatic carbocycles. The van der Waals surface area contributed by atoms with Crippen LogP contribution in [-0.2, 0) is 13.0 Å². The van der Waals surface area contributed by atoms with E-state index in [1.807, 2.05) is 19.0 Å². The van der Waals surface area contributed by atoms with Crippen molar-refractivity contribution in [1.82, 2.24) is 24.0 Å². The number of nitro benzene ring substituents is 1. The molecule has 2 aromatic carbocycles. The number of nitrogens with zero attached hydrogens (tertiary/aromatic N) is 7. The molecule has 4 aromatic rings. The molecule has 14 heteroatoms. The van der Waals surface area contributed by atoms with E-state index >= 15 is 0 Å². The largest absolute Gasteiger partial charge is 0.496 e. The van der Waals surface area contributed by atoms with Crippen molar-refractivity contribution in [2.24, 2.45) is 0 Å². The van der Waals surface area contributed by atoms with E-state index in [1.54, 1.807) is 30.1 Å². The van der Waals surface area contributed by atoms with E-state index in [9.17, 15) is 28.1 Å². The lowest BCUT2D eigenvalue weighted by atomic mass is 10.1. The monoisotopic (exact) mass is 559 g/mol. The molecule has 0 saturated carbocycles. The fourth-order valence-corrected chi connectivity index (χ4v) is 4.38. The van der Waals surface area contributed by atoms with E-state index in [1.165, 1.54) is 37.6 Å². The first-order chi connectivity index (χ1) is 18.9. The molecule has 2 aromatic heterocycles. The number of ether oxygens (including phenoxy) is 1. The van der Waals surface area contributed by atoms with Crippen LogP contribution in [0, 0.1) is 10.1 Å². The summed E-state index contributed by atoms with van der Waals surface area (Å²) in [4.78, 5) is 37.0. The van der Waals surface area contributed by atoms with Crippen molar-refractivity contribution in [3.05, 3.63) is 80.6 Å². The second kappa shape index (κ2) is 11.3. The second-order valence-electron chi connectivity index (χ2n) is 9.45. The molecule has 4 rings (SSSR count). The Morgan fingerprint density at radius 3 is 2.40 bits per heavy atom. The molecule has 0 aliphatic rings. The van der Waals surface area contributed by atoms with Gasteiger partial charge in [0.2, 0.25) is 0 Å². The van der Waals surface area contributed by atoms with Crippen LogP contribution in [0.15, 0.2) is 53.5 Å². The van der Waals surface area contributed by atoms with E-state index < -0.39 is 23.3 Å². The number of methoxy groups -OCH3 is 1. The van der Waals surface area contributed by atoms with Gasteiger partial charge in [-0.05, 0) is 32.3 Å². The average Bonchev–Trinajstić information content (AvgIpc) is 3.16. The summed E-state index contributed by atoms with van der Waals surface area (Å²) in [5.74, 6) is 0.643.